The highest BCUT2D eigenvalue weighted by atomic mass is 16.3. The normalized spacial score (nSPS) is 21.1. The molecule has 0 atom stereocenters. The monoisotopic (exact) mass is 378 g/mol. The molecule has 5 heteroatoms. The first-order valence-corrected chi connectivity index (χ1v) is 9.31. The number of aromatic amines is 1. The van der Waals surface area contributed by atoms with E-state index >= 15 is 0 Å². The lowest BCUT2D eigenvalue weighted by Gasteiger charge is -2.06. The molecule has 5 nitrogen and oxygen atoms in total. The zero-order valence-electron chi connectivity index (χ0n) is 15.8. The van der Waals surface area contributed by atoms with E-state index in [1.807, 2.05) is 60.7 Å². The number of hydrogen-bond donors (Lipinski definition) is 2. The van der Waals surface area contributed by atoms with E-state index in [-0.39, 0.29) is 5.76 Å². The van der Waals surface area contributed by atoms with E-state index in [1.54, 1.807) is 13.0 Å². The number of fused-ring (bicyclic) bond motifs is 5. The van der Waals surface area contributed by atoms with Gasteiger partial charge in [-0.3, -0.25) is 0 Å². The number of nitrogens with zero attached hydrogens (tertiary/aromatic N) is 3. The molecule has 5 heterocycles. The predicted molar refractivity (Wildman–Crippen MR) is 119 cm³/mol. The Morgan fingerprint density at radius 2 is 1.45 bits per heavy atom. The van der Waals surface area contributed by atoms with E-state index in [4.69, 9.17) is 9.98 Å². The Hall–Kier alpha value is -3.99. The maximum absolute atomic E-state index is 10.4. The van der Waals surface area contributed by atoms with Crippen LogP contribution in [0.25, 0.3) is 12.2 Å². The molecule has 140 valence electrons. The molecule has 4 aliphatic rings. The van der Waals surface area contributed by atoms with Crippen LogP contribution in [0.2, 0.25) is 0 Å². The van der Waals surface area contributed by atoms with E-state index in [0.29, 0.717) is 17.0 Å². The van der Waals surface area contributed by atoms with Gasteiger partial charge in [0.25, 0.3) is 0 Å². The molecule has 0 radical (unpaired) electrons. The average Bonchev–Trinajstić information content (AvgIpc) is 3.46. The summed E-state index contributed by atoms with van der Waals surface area (Å²) in [5, 5.41) is 10.4. The second-order valence-corrected chi connectivity index (χ2v) is 6.96. The highest BCUT2D eigenvalue weighted by Gasteiger charge is 2.22. The van der Waals surface area contributed by atoms with Gasteiger partial charge in [0.15, 0.2) is 0 Å². The molecule has 4 aliphatic heterocycles. The standard InChI is InChI=1S/C24H18N4O/c1-3-19-20-8-6-17(26-20)12-15-4-5-16(25-15)13-18-7-9-22(27-18)24(14(2)29)23-11-10-21(19)28-23/h3-13,25,29H,1H2,2H3. The van der Waals surface area contributed by atoms with Crippen molar-refractivity contribution in [3.63, 3.8) is 0 Å². The summed E-state index contributed by atoms with van der Waals surface area (Å²) in [5.74, 6) is 0.172. The third-order valence-corrected chi connectivity index (χ3v) is 4.93. The first kappa shape index (κ1) is 17.1. The van der Waals surface area contributed by atoms with Crippen LogP contribution in [-0.4, -0.2) is 27.2 Å². The second kappa shape index (κ2) is 6.56. The molecule has 1 aromatic heterocycles. The number of rotatable bonds is 1. The number of allylic oxidation sites excluding steroid dienone is 10. The van der Waals surface area contributed by atoms with Gasteiger partial charge in [-0.15, -0.1) is 0 Å². The molecule has 29 heavy (non-hydrogen) atoms. The average molecular weight is 378 g/mol. The van der Waals surface area contributed by atoms with Crippen LogP contribution in [-0.2, 0) is 0 Å². The number of hydrogen-bond acceptors (Lipinski definition) is 4. The fraction of sp³-hybridized carbons (Fsp3) is 0.0417. The molecule has 1 aromatic rings. The smallest absolute Gasteiger partial charge is 0.101 e. The minimum absolute atomic E-state index is 0.172. The second-order valence-electron chi connectivity index (χ2n) is 6.96. The minimum Gasteiger partial charge on any atom is -0.512 e. The van der Waals surface area contributed by atoms with E-state index in [1.165, 1.54) is 0 Å². The van der Waals surface area contributed by atoms with Gasteiger partial charge in [0.2, 0.25) is 0 Å². The third kappa shape index (κ3) is 3.02. The number of nitrogens with one attached hydrogen (secondary N) is 1. The summed E-state index contributed by atoms with van der Waals surface area (Å²) in [6.07, 6.45) is 17.3. The molecule has 0 saturated heterocycles. The summed E-state index contributed by atoms with van der Waals surface area (Å²) in [5.41, 5.74) is 7.92. The Balaban J connectivity index is 1.75. The lowest BCUT2D eigenvalue weighted by atomic mass is 10.0. The van der Waals surface area contributed by atoms with Crippen LogP contribution >= 0.6 is 0 Å². The fourth-order valence-corrected chi connectivity index (χ4v) is 3.62. The summed E-state index contributed by atoms with van der Waals surface area (Å²) >= 11 is 0. The number of aromatic nitrogens is 1. The number of aliphatic hydroxyl groups excluding tert-OH is 1. The maximum atomic E-state index is 10.4. The number of H-pyrrole nitrogens is 1. The van der Waals surface area contributed by atoms with Gasteiger partial charge in [0.05, 0.1) is 39.8 Å². The molecular formula is C24H18N4O. The summed E-state index contributed by atoms with van der Waals surface area (Å²) in [6.45, 7) is 5.59. The third-order valence-electron chi connectivity index (χ3n) is 4.93. The lowest BCUT2D eigenvalue weighted by Crippen LogP contribution is -2.10. The molecule has 0 spiro atoms. The molecular weight excluding hydrogens is 360 g/mol. The molecule has 0 amide bonds. The number of aliphatic hydroxyl groups is 1. The van der Waals surface area contributed by atoms with Crippen LogP contribution < -0.4 is 0 Å². The van der Waals surface area contributed by atoms with Gasteiger partial charge in [-0.1, -0.05) is 12.7 Å². The Labute approximate surface area is 168 Å². The van der Waals surface area contributed by atoms with Crippen molar-refractivity contribution in [1.82, 2.24) is 4.98 Å². The Morgan fingerprint density at radius 1 is 0.862 bits per heavy atom. The molecule has 0 fully saturated rings. The molecule has 8 bridgehead atoms. The lowest BCUT2D eigenvalue weighted by molar-refractivity contribution is 0.413. The van der Waals surface area contributed by atoms with Crippen molar-refractivity contribution in [1.29, 1.82) is 0 Å². The maximum Gasteiger partial charge on any atom is 0.101 e. The minimum atomic E-state index is 0.172. The van der Waals surface area contributed by atoms with Gasteiger partial charge >= 0.3 is 0 Å². The van der Waals surface area contributed by atoms with Crippen LogP contribution in [0, 0.1) is 0 Å². The topological polar surface area (TPSA) is 73.1 Å². The first-order chi connectivity index (χ1) is 14.1. The summed E-state index contributed by atoms with van der Waals surface area (Å²) in [6, 6.07) is 4.01. The fourth-order valence-electron chi connectivity index (χ4n) is 3.62. The van der Waals surface area contributed by atoms with Crippen molar-refractivity contribution < 1.29 is 5.11 Å². The quantitative estimate of drug-likeness (QED) is 0.662. The van der Waals surface area contributed by atoms with E-state index in [9.17, 15) is 5.11 Å². The summed E-state index contributed by atoms with van der Waals surface area (Å²) < 4.78 is 0. The van der Waals surface area contributed by atoms with Gasteiger partial charge in [0.1, 0.15) is 5.76 Å². The zero-order chi connectivity index (χ0) is 20.0. The number of aliphatic imine (C=N–C) groups is 3. The van der Waals surface area contributed by atoms with Gasteiger partial charge in [-0.25, -0.2) is 15.0 Å². The Kier molecular flexibility index (Phi) is 3.88. The van der Waals surface area contributed by atoms with E-state index < -0.39 is 0 Å². The van der Waals surface area contributed by atoms with Gasteiger partial charge < -0.3 is 10.1 Å². The van der Waals surface area contributed by atoms with Crippen molar-refractivity contribution in [2.75, 3.05) is 0 Å². The van der Waals surface area contributed by atoms with Crippen molar-refractivity contribution >= 4 is 29.3 Å². The molecule has 2 N–H and O–H groups in total. The van der Waals surface area contributed by atoms with Crippen molar-refractivity contribution in [2.45, 2.75) is 6.92 Å². The van der Waals surface area contributed by atoms with Crippen molar-refractivity contribution in [2.24, 2.45) is 15.0 Å². The molecule has 5 rings (SSSR count). The molecule has 0 aromatic carbocycles. The van der Waals surface area contributed by atoms with E-state index in [0.717, 1.165) is 39.8 Å². The van der Waals surface area contributed by atoms with Gasteiger partial charge in [-0.05, 0) is 67.7 Å². The van der Waals surface area contributed by atoms with E-state index in [2.05, 4.69) is 16.6 Å². The predicted octanol–water partition coefficient (Wildman–Crippen LogP) is 5.01. The summed E-state index contributed by atoms with van der Waals surface area (Å²) in [4.78, 5) is 17.5. The van der Waals surface area contributed by atoms with Crippen molar-refractivity contribution in [3.8, 4) is 0 Å². The molecule has 0 aliphatic carbocycles. The zero-order valence-corrected chi connectivity index (χ0v) is 15.8. The van der Waals surface area contributed by atoms with Gasteiger partial charge in [0, 0.05) is 17.0 Å². The van der Waals surface area contributed by atoms with Crippen LogP contribution in [0.3, 0.4) is 0 Å². The Bertz CT molecular complexity index is 1260. The Morgan fingerprint density at radius 3 is 2.10 bits per heavy atom. The van der Waals surface area contributed by atoms with Crippen LogP contribution in [0.1, 0.15) is 18.3 Å². The van der Waals surface area contributed by atoms with Gasteiger partial charge in [-0.2, -0.15) is 0 Å². The van der Waals surface area contributed by atoms with Crippen LogP contribution in [0.4, 0.5) is 0 Å². The highest BCUT2D eigenvalue weighted by molar-refractivity contribution is 6.33. The summed E-state index contributed by atoms with van der Waals surface area (Å²) in [7, 11) is 0. The molecule has 0 unspecified atom stereocenters. The van der Waals surface area contributed by atoms with Crippen LogP contribution in [0.15, 0.2) is 110 Å². The highest BCUT2D eigenvalue weighted by Crippen LogP contribution is 2.27. The SMILES string of the molecule is C=CC1=C2C=CC(=N2)C(=C(C)O)C2=NC(=Cc3ccc([nH]3)C=C3C=CC1=N3)C=C2. The van der Waals surface area contributed by atoms with Crippen molar-refractivity contribution in [3.05, 3.63) is 107 Å². The van der Waals surface area contributed by atoms with Crippen LogP contribution in [0.5, 0.6) is 0 Å². The largest absolute Gasteiger partial charge is 0.512 e. The first-order valence-electron chi connectivity index (χ1n) is 9.31. The molecule has 0 saturated carbocycles.